The maximum Gasteiger partial charge on any atom is 0.353 e. The predicted octanol–water partition coefficient (Wildman–Crippen LogP) is 2.87. The molecule has 0 N–H and O–H groups in total. The number of alkyl halides is 2. The molecule has 0 unspecified atom stereocenters. The minimum absolute atomic E-state index is 0.0883. The van der Waals surface area contributed by atoms with Crippen LogP contribution in [-0.2, 0) is 11.3 Å². The summed E-state index contributed by atoms with van der Waals surface area (Å²) in [5.41, 5.74) is 0.731. The Bertz CT molecular complexity index is 480. The molecule has 1 aromatic carbocycles. The molecule has 0 aliphatic rings. The van der Waals surface area contributed by atoms with E-state index >= 15 is 0 Å². The van der Waals surface area contributed by atoms with Crippen molar-refractivity contribution in [1.82, 2.24) is 10.1 Å². The summed E-state index contributed by atoms with van der Waals surface area (Å²) in [6.45, 7) is 0.269. The summed E-state index contributed by atoms with van der Waals surface area (Å²) in [5.74, 6) is 0.369. The second-order valence-electron chi connectivity index (χ2n) is 3.48. The van der Waals surface area contributed by atoms with Crippen LogP contribution in [0.25, 0.3) is 11.5 Å². The van der Waals surface area contributed by atoms with Crippen LogP contribution in [-0.4, -0.2) is 16.2 Å². The van der Waals surface area contributed by atoms with Gasteiger partial charge in [-0.15, -0.1) is 0 Å². The third-order valence-electron chi connectivity index (χ3n) is 1.94. The van der Waals surface area contributed by atoms with Crippen molar-refractivity contribution in [3.05, 3.63) is 36.2 Å². The van der Waals surface area contributed by atoms with Crippen molar-refractivity contribution in [3.63, 3.8) is 0 Å². The molecule has 1 aromatic heterocycles. The topological polar surface area (TPSA) is 48.2 Å². The smallest absolute Gasteiger partial charge is 0.334 e. The molecule has 0 fully saturated rings. The van der Waals surface area contributed by atoms with Crippen molar-refractivity contribution in [2.45, 2.75) is 19.6 Å². The summed E-state index contributed by atoms with van der Waals surface area (Å²) in [4.78, 5) is 3.95. The van der Waals surface area contributed by atoms with Gasteiger partial charge in [0.1, 0.15) is 6.61 Å². The number of rotatable bonds is 4. The monoisotopic (exact) mass is 240 g/mol. The van der Waals surface area contributed by atoms with E-state index in [1.165, 1.54) is 0 Å². The lowest BCUT2D eigenvalue weighted by Gasteiger charge is -2.08. The molecule has 0 atom stereocenters. The van der Waals surface area contributed by atoms with Crippen LogP contribution >= 0.6 is 0 Å². The Labute approximate surface area is 96.2 Å². The predicted molar refractivity (Wildman–Crippen MR) is 55.1 cm³/mol. The number of hydrogen-bond donors (Lipinski definition) is 0. The average Bonchev–Trinajstić information content (AvgIpc) is 2.75. The Morgan fingerprint density at radius 1 is 1.29 bits per heavy atom. The van der Waals surface area contributed by atoms with Gasteiger partial charge < -0.3 is 9.26 Å². The van der Waals surface area contributed by atoms with Gasteiger partial charge in [0.2, 0.25) is 0 Å². The van der Waals surface area contributed by atoms with Gasteiger partial charge in [0.25, 0.3) is 5.89 Å². The molecule has 0 bridgehead atoms. The molecule has 0 aliphatic heterocycles. The molecule has 2 aromatic rings. The zero-order chi connectivity index (χ0) is 12.3. The van der Waals surface area contributed by atoms with Gasteiger partial charge >= 0.3 is 6.11 Å². The number of halogens is 2. The summed E-state index contributed by atoms with van der Waals surface area (Å²) in [6, 6.07) is 9.05. The molecule has 4 nitrogen and oxygen atoms in total. The summed E-state index contributed by atoms with van der Waals surface area (Å²) in [5, 5.41) is 3.55. The normalized spacial score (nSPS) is 11.7. The quantitative estimate of drug-likeness (QED) is 0.824. The highest BCUT2D eigenvalue weighted by Gasteiger charge is 2.22. The molecule has 0 amide bonds. The third-order valence-corrected chi connectivity index (χ3v) is 1.94. The standard InChI is InChI=1S/C11H10F2N2O2/c1-11(12,13)16-7-9-14-10(17-15-9)8-5-3-2-4-6-8/h2-6H,7H2,1H3. The number of benzene rings is 1. The fourth-order valence-corrected chi connectivity index (χ4v) is 1.20. The van der Waals surface area contributed by atoms with Gasteiger partial charge in [-0.3, -0.25) is 0 Å². The fraction of sp³-hybridized carbons (Fsp3) is 0.273. The first kappa shape index (κ1) is 11.7. The van der Waals surface area contributed by atoms with Gasteiger partial charge in [0.15, 0.2) is 5.82 Å². The van der Waals surface area contributed by atoms with Crippen LogP contribution in [0.15, 0.2) is 34.9 Å². The van der Waals surface area contributed by atoms with E-state index in [0.29, 0.717) is 6.92 Å². The van der Waals surface area contributed by atoms with Crippen molar-refractivity contribution in [2.75, 3.05) is 0 Å². The summed E-state index contributed by atoms with van der Waals surface area (Å²) < 4.78 is 34.0. The van der Waals surface area contributed by atoms with E-state index < -0.39 is 6.11 Å². The van der Waals surface area contributed by atoms with Crippen LogP contribution in [0.1, 0.15) is 12.7 Å². The van der Waals surface area contributed by atoms with Gasteiger partial charge in [-0.2, -0.15) is 13.8 Å². The Morgan fingerprint density at radius 3 is 2.65 bits per heavy atom. The molecular formula is C11H10F2N2O2. The number of nitrogens with zero attached hydrogens (tertiary/aromatic N) is 2. The van der Waals surface area contributed by atoms with E-state index in [1.807, 2.05) is 18.2 Å². The van der Waals surface area contributed by atoms with Crippen LogP contribution in [0.3, 0.4) is 0 Å². The van der Waals surface area contributed by atoms with E-state index in [4.69, 9.17) is 4.52 Å². The van der Waals surface area contributed by atoms with Crippen LogP contribution in [0.4, 0.5) is 8.78 Å². The Balaban J connectivity index is 2.07. The van der Waals surface area contributed by atoms with Crippen molar-refractivity contribution in [3.8, 4) is 11.5 Å². The average molecular weight is 240 g/mol. The van der Waals surface area contributed by atoms with Gasteiger partial charge in [0.05, 0.1) is 0 Å². The summed E-state index contributed by atoms with van der Waals surface area (Å²) in [7, 11) is 0. The minimum Gasteiger partial charge on any atom is -0.334 e. The second-order valence-corrected chi connectivity index (χ2v) is 3.48. The molecule has 0 aliphatic carbocycles. The molecule has 0 radical (unpaired) electrons. The molecule has 0 saturated heterocycles. The number of aromatic nitrogens is 2. The Morgan fingerprint density at radius 2 is 2.00 bits per heavy atom. The van der Waals surface area contributed by atoms with Gasteiger partial charge in [-0.1, -0.05) is 23.4 Å². The van der Waals surface area contributed by atoms with Gasteiger partial charge in [0, 0.05) is 12.5 Å². The number of hydrogen-bond acceptors (Lipinski definition) is 4. The molecule has 6 heteroatoms. The zero-order valence-electron chi connectivity index (χ0n) is 9.06. The van der Waals surface area contributed by atoms with Crippen LogP contribution < -0.4 is 0 Å². The van der Waals surface area contributed by atoms with E-state index in [2.05, 4.69) is 14.9 Å². The first-order valence-corrected chi connectivity index (χ1v) is 4.94. The molecule has 2 rings (SSSR count). The van der Waals surface area contributed by atoms with E-state index in [1.54, 1.807) is 12.1 Å². The van der Waals surface area contributed by atoms with Crippen LogP contribution in [0.5, 0.6) is 0 Å². The third kappa shape index (κ3) is 3.32. The fourth-order valence-electron chi connectivity index (χ4n) is 1.20. The summed E-state index contributed by atoms with van der Waals surface area (Å²) >= 11 is 0. The molecule has 0 saturated carbocycles. The summed E-state index contributed by atoms with van der Waals surface area (Å²) in [6.07, 6.45) is -3.20. The lowest BCUT2D eigenvalue weighted by molar-refractivity contribution is -0.232. The van der Waals surface area contributed by atoms with Crippen molar-refractivity contribution in [2.24, 2.45) is 0 Å². The van der Waals surface area contributed by atoms with Crippen molar-refractivity contribution < 1.29 is 18.0 Å². The van der Waals surface area contributed by atoms with Gasteiger partial charge in [-0.25, -0.2) is 0 Å². The second kappa shape index (κ2) is 4.58. The van der Waals surface area contributed by atoms with E-state index in [-0.39, 0.29) is 18.3 Å². The highest BCUT2D eigenvalue weighted by molar-refractivity contribution is 5.51. The lowest BCUT2D eigenvalue weighted by Crippen LogP contribution is -2.15. The first-order valence-electron chi connectivity index (χ1n) is 4.94. The van der Waals surface area contributed by atoms with Crippen LogP contribution in [0, 0.1) is 0 Å². The highest BCUT2D eigenvalue weighted by Crippen LogP contribution is 2.18. The maximum absolute atomic E-state index is 12.4. The minimum atomic E-state index is -3.20. The maximum atomic E-state index is 12.4. The Hall–Kier alpha value is -1.82. The largest absolute Gasteiger partial charge is 0.353 e. The Kier molecular flexibility index (Phi) is 3.14. The van der Waals surface area contributed by atoms with Crippen LogP contribution in [0.2, 0.25) is 0 Å². The van der Waals surface area contributed by atoms with E-state index in [9.17, 15) is 8.78 Å². The van der Waals surface area contributed by atoms with Gasteiger partial charge in [-0.05, 0) is 12.1 Å². The molecule has 17 heavy (non-hydrogen) atoms. The van der Waals surface area contributed by atoms with Crippen molar-refractivity contribution in [1.29, 1.82) is 0 Å². The lowest BCUT2D eigenvalue weighted by atomic mass is 10.2. The van der Waals surface area contributed by atoms with E-state index in [0.717, 1.165) is 5.56 Å². The molecule has 1 heterocycles. The first-order chi connectivity index (χ1) is 8.04. The SMILES string of the molecule is CC(F)(F)OCc1noc(-c2ccccc2)n1. The molecule has 0 spiro atoms. The molecular weight excluding hydrogens is 230 g/mol. The zero-order valence-corrected chi connectivity index (χ0v) is 9.06. The van der Waals surface area contributed by atoms with Crippen molar-refractivity contribution >= 4 is 0 Å². The number of ether oxygens (including phenoxy) is 1. The highest BCUT2D eigenvalue weighted by atomic mass is 19.3. The molecule has 90 valence electrons.